The highest BCUT2D eigenvalue weighted by molar-refractivity contribution is 7.89. The lowest BCUT2D eigenvalue weighted by molar-refractivity contribution is 0.372. The zero-order chi connectivity index (χ0) is 12.2. The number of unbranched alkanes of at least 4 members (excludes halogenated alkanes) is 1. The lowest BCUT2D eigenvalue weighted by Crippen LogP contribution is -2.35. The van der Waals surface area contributed by atoms with Crippen LogP contribution in [0, 0.1) is 5.41 Å². The van der Waals surface area contributed by atoms with Gasteiger partial charge in [-0.25, -0.2) is 13.1 Å². The zero-order valence-corrected chi connectivity index (χ0v) is 11.1. The van der Waals surface area contributed by atoms with E-state index >= 15 is 0 Å². The van der Waals surface area contributed by atoms with Crippen molar-refractivity contribution in [1.29, 1.82) is 0 Å². The Labute approximate surface area is 99.0 Å². The molecule has 1 fully saturated rings. The van der Waals surface area contributed by atoms with E-state index in [0.29, 0.717) is 13.0 Å². The quantitative estimate of drug-likeness (QED) is 0.694. The molecule has 96 valence electrons. The van der Waals surface area contributed by atoms with E-state index in [4.69, 9.17) is 5.73 Å². The predicted octanol–water partition coefficient (Wildman–Crippen LogP) is 1.22. The highest BCUT2D eigenvalue weighted by atomic mass is 32.2. The topological polar surface area (TPSA) is 72.2 Å². The predicted molar refractivity (Wildman–Crippen MR) is 66.6 cm³/mol. The van der Waals surface area contributed by atoms with Gasteiger partial charge in [0.15, 0.2) is 0 Å². The molecule has 5 heteroatoms. The first-order chi connectivity index (χ1) is 7.35. The molecular formula is C11H24N2O2S. The third-order valence-electron chi connectivity index (χ3n) is 3.18. The minimum absolute atomic E-state index is 0.137. The summed E-state index contributed by atoms with van der Waals surface area (Å²) in [7, 11) is -3.09. The summed E-state index contributed by atoms with van der Waals surface area (Å²) >= 11 is 0. The maximum atomic E-state index is 11.7. The third kappa shape index (κ3) is 4.80. The van der Waals surface area contributed by atoms with Crippen molar-refractivity contribution in [2.75, 3.05) is 12.3 Å². The first kappa shape index (κ1) is 13.9. The number of rotatable bonds is 6. The Kier molecular flexibility index (Phi) is 4.76. The Morgan fingerprint density at radius 3 is 2.56 bits per heavy atom. The second-order valence-corrected chi connectivity index (χ2v) is 7.41. The number of nitrogens with two attached hydrogens (primary N) is 1. The maximum Gasteiger partial charge on any atom is 0.211 e. The molecule has 0 amide bonds. The van der Waals surface area contributed by atoms with Gasteiger partial charge in [-0.2, -0.15) is 0 Å². The summed E-state index contributed by atoms with van der Waals surface area (Å²) < 4.78 is 26.2. The van der Waals surface area contributed by atoms with Crippen molar-refractivity contribution in [3.8, 4) is 0 Å². The van der Waals surface area contributed by atoms with Crippen LogP contribution in [0.25, 0.3) is 0 Å². The van der Waals surface area contributed by atoms with Gasteiger partial charge in [-0.1, -0.05) is 13.8 Å². The summed E-state index contributed by atoms with van der Waals surface area (Å²) in [4.78, 5) is 0. The second kappa shape index (κ2) is 5.47. The molecule has 0 saturated heterocycles. The molecule has 0 spiro atoms. The van der Waals surface area contributed by atoms with Crippen LogP contribution in [-0.4, -0.2) is 26.8 Å². The Balaban J connectivity index is 2.36. The second-order valence-electron chi connectivity index (χ2n) is 5.54. The molecule has 0 aliphatic heterocycles. The van der Waals surface area contributed by atoms with Gasteiger partial charge in [-0.3, -0.25) is 0 Å². The summed E-state index contributed by atoms with van der Waals surface area (Å²) in [6, 6.07) is 0.137. The van der Waals surface area contributed by atoms with Crippen molar-refractivity contribution < 1.29 is 8.42 Å². The number of nitrogens with one attached hydrogen (secondary N) is 1. The largest absolute Gasteiger partial charge is 0.330 e. The Morgan fingerprint density at radius 2 is 2.06 bits per heavy atom. The van der Waals surface area contributed by atoms with Gasteiger partial charge >= 0.3 is 0 Å². The fourth-order valence-electron chi connectivity index (χ4n) is 2.29. The van der Waals surface area contributed by atoms with E-state index in [1.807, 2.05) is 0 Å². The van der Waals surface area contributed by atoms with Gasteiger partial charge in [0.1, 0.15) is 0 Å². The molecule has 1 saturated carbocycles. The van der Waals surface area contributed by atoms with Crippen molar-refractivity contribution in [1.82, 2.24) is 4.72 Å². The minimum Gasteiger partial charge on any atom is -0.330 e. The smallest absolute Gasteiger partial charge is 0.211 e. The van der Waals surface area contributed by atoms with Gasteiger partial charge in [0.2, 0.25) is 10.0 Å². The summed E-state index contributed by atoms with van der Waals surface area (Å²) in [5, 5.41) is 0. The molecule has 1 unspecified atom stereocenters. The van der Waals surface area contributed by atoms with Crippen molar-refractivity contribution in [2.45, 2.75) is 52.0 Å². The molecule has 0 aromatic heterocycles. The number of sulfonamides is 1. The average Bonchev–Trinajstić information content (AvgIpc) is 2.44. The van der Waals surface area contributed by atoms with Gasteiger partial charge in [0.25, 0.3) is 0 Å². The summed E-state index contributed by atoms with van der Waals surface area (Å²) in [6.07, 6.45) is 4.44. The van der Waals surface area contributed by atoms with E-state index in [1.54, 1.807) is 0 Å². The van der Waals surface area contributed by atoms with Crippen LogP contribution in [0.15, 0.2) is 0 Å². The molecule has 1 aliphatic rings. The standard InChI is InChI=1S/C11H24N2O2S/c1-11(2)6-5-10(9-11)13-16(14,15)8-4-3-7-12/h10,13H,3-9,12H2,1-2H3. The van der Waals surface area contributed by atoms with Crippen molar-refractivity contribution in [3.05, 3.63) is 0 Å². The van der Waals surface area contributed by atoms with Gasteiger partial charge in [-0.05, 0) is 44.1 Å². The molecule has 0 bridgehead atoms. The van der Waals surface area contributed by atoms with Crippen LogP contribution >= 0.6 is 0 Å². The van der Waals surface area contributed by atoms with Crippen LogP contribution in [0.3, 0.4) is 0 Å². The fraction of sp³-hybridized carbons (Fsp3) is 1.00. The van der Waals surface area contributed by atoms with Gasteiger partial charge in [0.05, 0.1) is 5.75 Å². The van der Waals surface area contributed by atoms with Crippen LogP contribution < -0.4 is 10.5 Å². The highest BCUT2D eigenvalue weighted by Gasteiger charge is 2.32. The van der Waals surface area contributed by atoms with E-state index < -0.39 is 10.0 Å². The fourth-order valence-corrected chi connectivity index (χ4v) is 3.70. The monoisotopic (exact) mass is 248 g/mol. The van der Waals surface area contributed by atoms with E-state index in [0.717, 1.165) is 25.7 Å². The molecule has 0 aromatic carbocycles. The average molecular weight is 248 g/mol. The molecule has 3 N–H and O–H groups in total. The Morgan fingerprint density at radius 1 is 1.38 bits per heavy atom. The molecule has 0 aromatic rings. The summed E-state index contributed by atoms with van der Waals surface area (Å²) in [5.41, 5.74) is 5.62. The minimum atomic E-state index is -3.09. The zero-order valence-electron chi connectivity index (χ0n) is 10.3. The van der Waals surface area contributed by atoms with E-state index in [9.17, 15) is 8.42 Å². The lowest BCUT2D eigenvalue weighted by Gasteiger charge is -2.17. The van der Waals surface area contributed by atoms with Crippen LogP contribution in [0.5, 0.6) is 0 Å². The molecule has 0 heterocycles. The Bertz CT molecular complexity index is 312. The molecule has 4 nitrogen and oxygen atoms in total. The van der Waals surface area contributed by atoms with Gasteiger partial charge in [-0.15, -0.1) is 0 Å². The lowest BCUT2D eigenvalue weighted by atomic mass is 9.92. The molecule has 0 radical (unpaired) electrons. The molecular weight excluding hydrogens is 224 g/mol. The van der Waals surface area contributed by atoms with Crippen molar-refractivity contribution >= 4 is 10.0 Å². The van der Waals surface area contributed by atoms with Crippen molar-refractivity contribution in [3.63, 3.8) is 0 Å². The summed E-state index contributed by atoms with van der Waals surface area (Å²) in [5.74, 6) is 0.209. The SMILES string of the molecule is CC1(C)CCC(NS(=O)(=O)CCCCN)C1. The molecule has 1 aliphatic carbocycles. The van der Waals surface area contributed by atoms with Crippen LogP contribution in [0.1, 0.15) is 46.0 Å². The van der Waals surface area contributed by atoms with Gasteiger partial charge in [0, 0.05) is 6.04 Å². The third-order valence-corrected chi connectivity index (χ3v) is 4.70. The highest BCUT2D eigenvalue weighted by Crippen LogP contribution is 2.37. The van der Waals surface area contributed by atoms with E-state index in [2.05, 4.69) is 18.6 Å². The van der Waals surface area contributed by atoms with Crippen LogP contribution in [0.2, 0.25) is 0 Å². The maximum absolute atomic E-state index is 11.7. The number of hydrogen-bond donors (Lipinski definition) is 2. The van der Waals surface area contributed by atoms with E-state index in [-0.39, 0.29) is 17.2 Å². The van der Waals surface area contributed by atoms with Crippen LogP contribution in [-0.2, 0) is 10.0 Å². The number of hydrogen-bond acceptors (Lipinski definition) is 3. The Hall–Kier alpha value is -0.130. The molecule has 1 atom stereocenters. The van der Waals surface area contributed by atoms with Crippen molar-refractivity contribution in [2.24, 2.45) is 11.1 Å². The first-order valence-corrected chi connectivity index (χ1v) is 7.70. The summed E-state index contributed by atoms with van der Waals surface area (Å²) in [6.45, 7) is 4.94. The van der Waals surface area contributed by atoms with Gasteiger partial charge < -0.3 is 5.73 Å². The normalized spacial score (nSPS) is 24.8. The molecule has 16 heavy (non-hydrogen) atoms. The first-order valence-electron chi connectivity index (χ1n) is 6.05. The van der Waals surface area contributed by atoms with Crippen LogP contribution in [0.4, 0.5) is 0 Å². The molecule has 1 rings (SSSR count). The van der Waals surface area contributed by atoms with E-state index in [1.165, 1.54) is 0 Å².